The Kier molecular flexibility index (Phi) is 3.51. The van der Waals surface area contributed by atoms with E-state index in [1.807, 2.05) is 0 Å². The monoisotopic (exact) mass is 282 g/mol. The molecule has 0 aliphatic rings. The minimum absolute atomic E-state index is 0.134. The number of aryl methyl sites for hydroxylation is 1. The summed E-state index contributed by atoms with van der Waals surface area (Å²) in [6, 6.07) is 0. The molecule has 0 bridgehead atoms. The average molecular weight is 282 g/mol. The number of aromatic nitrogens is 5. The van der Waals surface area contributed by atoms with Gasteiger partial charge in [0.2, 0.25) is 11.0 Å². The van der Waals surface area contributed by atoms with Crippen molar-refractivity contribution in [3.05, 3.63) is 16.4 Å². The maximum absolute atomic E-state index is 11.7. The summed E-state index contributed by atoms with van der Waals surface area (Å²) in [7, 11) is 0. The van der Waals surface area contributed by atoms with E-state index in [0.717, 1.165) is 5.01 Å². The molecule has 0 unspecified atom stereocenters. The number of rotatable bonds is 4. The van der Waals surface area contributed by atoms with Crippen LogP contribution in [0.2, 0.25) is 0 Å². The Balaban J connectivity index is 2.05. The molecule has 100 valence electrons. The van der Waals surface area contributed by atoms with Crippen LogP contribution in [0.1, 0.15) is 21.2 Å². The SMILES string of the molecule is Cc1nnc(NC(=O)Cn2nnc(C(=O)O)c2C)s1. The number of hydrogen-bond acceptors (Lipinski definition) is 7. The third kappa shape index (κ3) is 2.91. The van der Waals surface area contributed by atoms with Crippen LogP contribution in [0, 0.1) is 13.8 Å². The molecular formula is C9H10N6O3S. The number of aromatic carboxylic acids is 1. The highest BCUT2D eigenvalue weighted by Gasteiger charge is 2.17. The number of carboxylic acid groups (broad SMARTS) is 1. The van der Waals surface area contributed by atoms with Crippen LogP contribution < -0.4 is 5.32 Å². The fourth-order valence-electron chi connectivity index (χ4n) is 1.35. The lowest BCUT2D eigenvalue weighted by molar-refractivity contribution is -0.117. The first-order chi connectivity index (χ1) is 8.97. The van der Waals surface area contributed by atoms with Crippen LogP contribution in [0.3, 0.4) is 0 Å². The molecule has 9 nitrogen and oxygen atoms in total. The van der Waals surface area contributed by atoms with Gasteiger partial charge in [-0.3, -0.25) is 10.1 Å². The number of carbonyl (C=O) groups is 2. The van der Waals surface area contributed by atoms with Gasteiger partial charge in [-0.25, -0.2) is 9.48 Å². The minimum Gasteiger partial charge on any atom is -0.476 e. The first-order valence-electron chi connectivity index (χ1n) is 5.20. The molecule has 0 spiro atoms. The molecule has 0 aromatic carbocycles. The van der Waals surface area contributed by atoms with Gasteiger partial charge in [0.15, 0.2) is 5.69 Å². The van der Waals surface area contributed by atoms with Gasteiger partial charge in [0.05, 0.1) is 5.69 Å². The fraction of sp³-hybridized carbons (Fsp3) is 0.333. The lowest BCUT2D eigenvalue weighted by atomic mass is 10.3. The van der Waals surface area contributed by atoms with Gasteiger partial charge < -0.3 is 5.11 Å². The first-order valence-corrected chi connectivity index (χ1v) is 6.02. The van der Waals surface area contributed by atoms with Crippen molar-refractivity contribution in [3.63, 3.8) is 0 Å². The maximum atomic E-state index is 11.7. The summed E-state index contributed by atoms with van der Waals surface area (Å²) in [5, 5.41) is 27.1. The lowest BCUT2D eigenvalue weighted by Crippen LogP contribution is -2.20. The zero-order chi connectivity index (χ0) is 14.0. The third-order valence-corrected chi connectivity index (χ3v) is 3.01. The number of carbonyl (C=O) groups excluding carboxylic acids is 1. The Bertz CT molecular complexity index is 634. The first kappa shape index (κ1) is 13.1. The summed E-state index contributed by atoms with van der Waals surface area (Å²) < 4.78 is 1.21. The quantitative estimate of drug-likeness (QED) is 0.814. The van der Waals surface area contributed by atoms with Crippen molar-refractivity contribution >= 4 is 28.3 Å². The van der Waals surface area contributed by atoms with Crippen LogP contribution in [0.15, 0.2) is 0 Å². The van der Waals surface area contributed by atoms with E-state index in [9.17, 15) is 9.59 Å². The number of amides is 1. The fourth-order valence-corrected chi connectivity index (χ4v) is 1.96. The van der Waals surface area contributed by atoms with E-state index in [1.54, 1.807) is 6.92 Å². The Morgan fingerprint density at radius 3 is 2.58 bits per heavy atom. The number of nitrogens with zero attached hydrogens (tertiary/aromatic N) is 5. The van der Waals surface area contributed by atoms with Gasteiger partial charge in [-0.05, 0) is 13.8 Å². The Morgan fingerprint density at radius 1 is 1.32 bits per heavy atom. The summed E-state index contributed by atoms with van der Waals surface area (Å²) in [4.78, 5) is 22.5. The van der Waals surface area contributed by atoms with Crippen LogP contribution >= 0.6 is 11.3 Å². The second-order valence-corrected chi connectivity index (χ2v) is 4.84. The average Bonchev–Trinajstić information content (AvgIpc) is 2.87. The normalized spacial score (nSPS) is 10.4. The number of nitrogens with one attached hydrogen (secondary N) is 1. The Labute approximate surface area is 111 Å². The minimum atomic E-state index is -1.18. The van der Waals surface area contributed by atoms with Gasteiger partial charge in [-0.15, -0.1) is 15.3 Å². The summed E-state index contributed by atoms with van der Waals surface area (Å²) in [6.07, 6.45) is 0. The summed E-state index contributed by atoms with van der Waals surface area (Å²) >= 11 is 1.25. The summed E-state index contributed by atoms with van der Waals surface area (Å²) in [6.45, 7) is 3.17. The largest absolute Gasteiger partial charge is 0.476 e. The molecule has 2 aromatic rings. The van der Waals surface area contributed by atoms with Crippen molar-refractivity contribution in [1.29, 1.82) is 0 Å². The molecule has 2 rings (SSSR count). The second-order valence-electron chi connectivity index (χ2n) is 3.66. The van der Waals surface area contributed by atoms with E-state index in [2.05, 4.69) is 25.8 Å². The Morgan fingerprint density at radius 2 is 2.05 bits per heavy atom. The highest BCUT2D eigenvalue weighted by Crippen LogP contribution is 2.13. The maximum Gasteiger partial charge on any atom is 0.358 e. The summed E-state index contributed by atoms with van der Waals surface area (Å²) in [5.74, 6) is -1.55. The van der Waals surface area contributed by atoms with Crippen molar-refractivity contribution in [1.82, 2.24) is 25.2 Å². The third-order valence-electron chi connectivity index (χ3n) is 2.25. The van der Waals surface area contributed by atoms with Crippen LogP contribution in [-0.2, 0) is 11.3 Å². The molecule has 0 atom stereocenters. The zero-order valence-corrected chi connectivity index (χ0v) is 10.9. The Hall–Kier alpha value is -2.36. The highest BCUT2D eigenvalue weighted by molar-refractivity contribution is 7.15. The molecule has 2 aromatic heterocycles. The van der Waals surface area contributed by atoms with Gasteiger partial charge in [0, 0.05) is 0 Å². The number of carboxylic acids is 1. The highest BCUT2D eigenvalue weighted by atomic mass is 32.1. The van der Waals surface area contributed by atoms with E-state index in [1.165, 1.54) is 22.9 Å². The van der Waals surface area contributed by atoms with Gasteiger partial charge in [0.25, 0.3) is 0 Å². The molecular weight excluding hydrogens is 272 g/mol. The molecule has 2 N–H and O–H groups in total. The van der Waals surface area contributed by atoms with Crippen LogP contribution in [0.25, 0.3) is 0 Å². The molecule has 0 aliphatic carbocycles. The molecule has 0 saturated carbocycles. The lowest BCUT2D eigenvalue weighted by Gasteiger charge is -2.02. The number of hydrogen-bond donors (Lipinski definition) is 2. The van der Waals surface area contributed by atoms with Crippen LogP contribution in [-0.4, -0.2) is 42.2 Å². The van der Waals surface area contributed by atoms with Crippen molar-refractivity contribution in [2.75, 3.05) is 5.32 Å². The van der Waals surface area contributed by atoms with Crippen LogP contribution in [0.4, 0.5) is 5.13 Å². The van der Waals surface area contributed by atoms with Crippen molar-refractivity contribution in [2.45, 2.75) is 20.4 Å². The van der Waals surface area contributed by atoms with Crippen molar-refractivity contribution in [3.8, 4) is 0 Å². The van der Waals surface area contributed by atoms with Gasteiger partial charge >= 0.3 is 5.97 Å². The standard InChI is InChI=1S/C9H10N6O3S/c1-4-7(8(17)18)12-14-15(4)3-6(16)10-9-13-11-5(2)19-9/h3H2,1-2H3,(H,17,18)(H,10,13,16). The molecule has 0 saturated heterocycles. The predicted octanol–water partition coefficient (Wildman–Crippen LogP) is 0.0833. The molecule has 1 amide bonds. The van der Waals surface area contributed by atoms with Crippen molar-refractivity contribution < 1.29 is 14.7 Å². The van der Waals surface area contributed by atoms with E-state index >= 15 is 0 Å². The van der Waals surface area contributed by atoms with Gasteiger partial charge in [0.1, 0.15) is 11.6 Å². The van der Waals surface area contributed by atoms with Crippen LogP contribution in [0.5, 0.6) is 0 Å². The van der Waals surface area contributed by atoms with Gasteiger partial charge in [-0.1, -0.05) is 16.6 Å². The molecule has 0 radical (unpaired) electrons. The van der Waals surface area contributed by atoms with Gasteiger partial charge in [-0.2, -0.15) is 0 Å². The molecule has 0 aliphatic heterocycles. The van der Waals surface area contributed by atoms with E-state index in [-0.39, 0.29) is 18.1 Å². The second kappa shape index (κ2) is 5.10. The number of anilines is 1. The van der Waals surface area contributed by atoms with Crippen molar-refractivity contribution in [2.24, 2.45) is 0 Å². The van der Waals surface area contributed by atoms with E-state index in [0.29, 0.717) is 10.8 Å². The molecule has 10 heteroatoms. The molecule has 19 heavy (non-hydrogen) atoms. The topological polar surface area (TPSA) is 123 Å². The van der Waals surface area contributed by atoms with E-state index < -0.39 is 5.97 Å². The zero-order valence-electron chi connectivity index (χ0n) is 10.1. The molecule has 2 heterocycles. The predicted molar refractivity (Wildman–Crippen MR) is 65.0 cm³/mol. The molecule has 0 fully saturated rings. The smallest absolute Gasteiger partial charge is 0.358 e. The summed E-state index contributed by atoms with van der Waals surface area (Å²) in [5.41, 5.74) is 0.149. The van der Waals surface area contributed by atoms with E-state index in [4.69, 9.17) is 5.11 Å².